The molecule has 0 bridgehead atoms. The Balaban J connectivity index is 2.35. The number of halogens is 1. The first-order chi connectivity index (χ1) is 10.1. The number of benzene rings is 2. The van der Waals surface area contributed by atoms with E-state index >= 15 is 0 Å². The molecule has 0 fully saturated rings. The van der Waals surface area contributed by atoms with Crippen LogP contribution in [0.4, 0.5) is 4.39 Å². The van der Waals surface area contributed by atoms with Gasteiger partial charge in [-0.15, -0.1) is 0 Å². The van der Waals surface area contributed by atoms with Crippen LogP contribution in [0.1, 0.15) is 20.8 Å². The maximum Gasteiger partial charge on any atom is 0.241 e. The Bertz CT molecular complexity index is 758. The van der Waals surface area contributed by atoms with Gasteiger partial charge in [0.1, 0.15) is 11.6 Å². The molecule has 0 amide bonds. The fourth-order valence-electron chi connectivity index (χ4n) is 2.03. The van der Waals surface area contributed by atoms with Crippen molar-refractivity contribution in [2.24, 2.45) is 0 Å². The van der Waals surface area contributed by atoms with E-state index in [4.69, 9.17) is 0 Å². The highest BCUT2D eigenvalue weighted by atomic mass is 32.2. The van der Waals surface area contributed by atoms with Crippen LogP contribution in [-0.4, -0.2) is 19.1 Å². The van der Waals surface area contributed by atoms with Gasteiger partial charge in [-0.05, 0) is 56.2 Å². The Morgan fingerprint density at radius 2 is 1.59 bits per heavy atom. The van der Waals surface area contributed by atoms with E-state index in [0.29, 0.717) is 11.1 Å². The first-order valence-corrected chi connectivity index (χ1v) is 8.19. The van der Waals surface area contributed by atoms with Gasteiger partial charge in [0.25, 0.3) is 0 Å². The van der Waals surface area contributed by atoms with Crippen molar-refractivity contribution >= 4 is 10.0 Å². The normalized spacial score (nSPS) is 12.4. The van der Waals surface area contributed by atoms with Crippen LogP contribution in [0.25, 0.3) is 11.1 Å². The molecular formula is C16H18FNO3S. The fraction of sp³-hybridized carbons (Fsp3) is 0.250. The second-order valence-electron chi connectivity index (χ2n) is 6.08. The maximum absolute atomic E-state index is 13.3. The molecule has 6 heteroatoms. The Labute approximate surface area is 129 Å². The highest BCUT2D eigenvalue weighted by Gasteiger charge is 2.21. The molecule has 0 unspecified atom stereocenters. The zero-order chi connectivity index (χ0) is 16.5. The van der Waals surface area contributed by atoms with E-state index in [1.807, 2.05) is 0 Å². The summed E-state index contributed by atoms with van der Waals surface area (Å²) >= 11 is 0. The molecule has 0 atom stereocenters. The van der Waals surface area contributed by atoms with Crippen molar-refractivity contribution < 1.29 is 17.9 Å². The molecular weight excluding hydrogens is 305 g/mol. The van der Waals surface area contributed by atoms with Crippen molar-refractivity contribution in [3.63, 3.8) is 0 Å². The van der Waals surface area contributed by atoms with Gasteiger partial charge in [0.2, 0.25) is 10.0 Å². The summed E-state index contributed by atoms with van der Waals surface area (Å²) in [6.45, 7) is 5.28. The van der Waals surface area contributed by atoms with Crippen molar-refractivity contribution in [3.05, 3.63) is 48.3 Å². The van der Waals surface area contributed by atoms with Crippen molar-refractivity contribution in [3.8, 4) is 16.9 Å². The Kier molecular flexibility index (Phi) is 4.26. The lowest BCUT2D eigenvalue weighted by Gasteiger charge is -2.20. The SMILES string of the molecule is CC(C)(C)NS(=O)(=O)c1ccc(-c2cc(O)cc(F)c2)cc1. The third kappa shape index (κ3) is 4.05. The van der Waals surface area contributed by atoms with Crippen LogP contribution in [0.3, 0.4) is 0 Å². The first-order valence-electron chi connectivity index (χ1n) is 6.71. The summed E-state index contributed by atoms with van der Waals surface area (Å²) < 4.78 is 40.2. The van der Waals surface area contributed by atoms with Gasteiger partial charge in [-0.25, -0.2) is 17.5 Å². The molecule has 0 spiro atoms. The van der Waals surface area contributed by atoms with Gasteiger partial charge in [-0.1, -0.05) is 12.1 Å². The average molecular weight is 323 g/mol. The summed E-state index contributed by atoms with van der Waals surface area (Å²) in [5, 5.41) is 9.42. The van der Waals surface area contributed by atoms with Gasteiger partial charge in [-0.3, -0.25) is 0 Å². The van der Waals surface area contributed by atoms with E-state index in [1.165, 1.54) is 24.3 Å². The zero-order valence-corrected chi connectivity index (χ0v) is 13.4. The largest absolute Gasteiger partial charge is 0.508 e. The number of aromatic hydroxyl groups is 1. The summed E-state index contributed by atoms with van der Waals surface area (Å²) in [5.74, 6) is -0.734. The quantitative estimate of drug-likeness (QED) is 0.911. The van der Waals surface area contributed by atoms with Crippen LogP contribution in [0, 0.1) is 5.82 Å². The summed E-state index contributed by atoms with van der Waals surface area (Å²) in [6, 6.07) is 9.75. The number of phenols is 1. The lowest BCUT2D eigenvalue weighted by atomic mass is 10.1. The number of phenolic OH excluding ortho intramolecular Hbond substituents is 1. The predicted molar refractivity (Wildman–Crippen MR) is 83.6 cm³/mol. The van der Waals surface area contributed by atoms with Crippen LogP contribution in [0.15, 0.2) is 47.4 Å². The maximum atomic E-state index is 13.3. The Morgan fingerprint density at radius 3 is 2.09 bits per heavy atom. The molecule has 22 heavy (non-hydrogen) atoms. The van der Waals surface area contributed by atoms with Crippen LogP contribution in [0.5, 0.6) is 5.75 Å². The van der Waals surface area contributed by atoms with Gasteiger partial charge >= 0.3 is 0 Å². The van der Waals surface area contributed by atoms with Gasteiger partial charge in [0, 0.05) is 11.6 Å². The zero-order valence-electron chi connectivity index (χ0n) is 12.6. The van der Waals surface area contributed by atoms with Crippen molar-refractivity contribution in [1.82, 2.24) is 4.72 Å². The minimum Gasteiger partial charge on any atom is -0.508 e. The van der Waals surface area contributed by atoms with Crippen LogP contribution in [-0.2, 0) is 10.0 Å². The standard InChI is InChI=1S/C16H18FNO3S/c1-16(2,3)18-22(20,21)15-6-4-11(5-7-15)12-8-13(17)10-14(19)9-12/h4-10,18-19H,1-3H3. The third-order valence-electron chi connectivity index (χ3n) is 2.82. The smallest absolute Gasteiger partial charge is 0.241 e. The molecule has 4 nitrogen and oxygen atoms in total. The van der Waals surface area contributed by atoms with E-state index in [9.17, 15) is 17.9 Å². The molecule has 2 rings (SSSR count). The van der Waals surface area contributed by atoms with Crippen molar-refractivity contribution in [2.45, 2.75) is 31.2 Å². The highest BCUT2D eigenvalue weighted by Crippen LogP contribution is 2.26. The lowest BCUT2D eigenvalue weighted by Crippen LogP contribution is -2.40. The Hall–Kier alpha value is -1.92. The molecule has 0 saturated carbocycles. The van der Waals surface area contributed by atoms with E-state index in [-0.39, 0.29) is 10.6 Å². The van der Waals surface area contributed by atoms with Gasteiger partial charge < -0.3 is 5.11 Å². The predicted octanol–water partition coefficient (Wildman–Crippen LogP) is 3.28. The van der Waals surface area contributed by atoms with Gasteiger partial charge in [-0.2, -0.15) is 0 Å². The number of hydrogen-bond acceptors (Lipinski definition) is 3. The van der Waals surface area contributed by atoms with E-state index in [2.05, 4.69) is 4.72 Å². The molecule has 2 aromatic rings. The number of nitrogens with one attached hydrogen (secondary N) is 1. The number of rotatable bonds is 3. The molecule has 2 N–H and O–H groups in total. The summed E-state index contributed by atoms with van der Waals surface area (Å²) in [7, 11) is -3.61. The van der Waals surface area contributed by atoms with Crippen molar-refractivity contribution in [2.75, 3.05) is 0 Å². The van der Waals surface area contributed by atoms with E-state index in [1.54, 1.807) is 32.9 Å². The summed E-state index contributed by atoms with van der Waals surface area (Å²) in [5.41, 5.74) is 0.515. The average Bonchev–Trinajstić information content (AvgIpc) is 2.35. The first kappa shape index (κ1) is 16.5. The molecule has 0 aliphatic heterocycles. The second-order valence-corrected chi connectivity index (χ2v) is 7.76. The fourth-order valence-corrected chi connectivity index (χ4v) is 3.45. The molecule has 0 aliphatic carbocycles. The summed E-state index contributed by atoms with van der Waals surface area (Å²) in [4.78, 5) is 0.131. The summed E-state index contributed by atoms with van der Waals surface area (Å²) in [6.07, 6.45) is 0. The van der Waals surface area contributed by atoms with Crippen molar-refractivity contribution in [1.29, 1.82) is 0 Å². The molecule has 118 valence electrons. The molecule has 0 saturated heterocycles. The molecule has 0 radical (unpaired) electrons. The van der Waals surface area contributed by atoms with E-state index < -0.39 is 21.4 Å². The molecule has 0 heterocycles. The number of sulfonamides is 1. The monoisotopic (exact) mass is 323 g/mol. The lowest BCUT2D eigenvalue weighted by molar-refractivity contribution is 0.469. The highest BCUT2D eigenvalue weighted by molar-refractivity contribution is 7.89. The molecule has 0 aromatic heterocycles. The van der Waals surface area contributed by atoms with Crippen LogP contribution in [0.2, 0.25) is 0 Å². The second kappa shape index (κ2) is 5.70. The molecule has 2 aromatic carbocycles. The van der Waals surface area contributed by atoms with Crippen LogP contribution < -0.4 is 4.72 Å². The number of hydrogen-bond donors (Lipinski definition) is 2. The van der Waals surface area contributed by atoms with Crippen LogP contribution >= 0.6 is 0 Å². The Morgan fingerprint density at radius 1 is 1.00 bits per heavy atom. The van der Waals surface area contributed by atoms with E-state index in [0.717, 1.165) is 6.07 Å². The minimum atomic E-state index is -3.61. The molecule has 0 aliphatic rings. The van der Waals surface area contributed by atoms with Gasteiger partial charge in [0.05, 0.1) is 4.90 Å². The minimum absolute atomic E-state index is 0.131. The third-order valence-corrected chi connectivity index (χ3v) is 4.59. The topological polar surface area (TPSA) is 66.4 Å². The van der Waals surface area contributed by atoms with Gasteiger partial charge in [0.15, 0.2) is 0 Å².